The largest absolute Gasteiger partial charge is 0.459 e. The summed E-state index contributed by atoms with van der Waals surface area (Å²) < 4.78 is 33.3. The molecule has 3 aliphatic carbocycles. The number of nitrogen functional groups attached to an aromatic ring is 1. The van der Waals surface area contributed by atoms with Gasteiger partial charge in [-0.05, 0) is 64.7 Å². The van der Waals surface area contributed by atoms with E-state index < -0.39 is 21.0 Å². The van der Waals surface area contributed by atoms with E-state index in [1.165, 1.54) is 16.4 Å². The van der Waals surface area contributed by atoms with Crippen LogP contribution >= 0.6 is 0 Å². The SMILES string of the molecule is Cc1ccc(S(=O)(=O)n2ccc3c(NC4C5CC4(C(=O)OC(C)(C)C)C5)c(N)cnc32)cc1. The van der Waals surface area contributed by atoms with Crippen LogP contribution in [0, 0.1) is 18.3 Å². The van der Waals surface area contributed by atoms with Crippen LogP contribution in [0.5, 0.6) is 0 Å². The molecular weight excluding hydrogens is 440 g/mol. The van der Waals surface area contributed by atoms with Gasteiger partial charge in [-0.1, -0.05) is 17.7 Å². The number of nitrogens with two attached hydrogens (primary N) is 1. The molecule has 33 heavy (non-hydrogen) atoms. The van der Waals surface area contributed by atoms with E-state index in [1.54, 1.807) is 30.3 Å². The van der Waals surface area contributed by atoms with Crippen LogP contribution in [0.4, 0.5) is 11.4 Å². The van der Waals surface area contributed by atoms with Gasteiger partial charge in [0.1, 0.15) is 5.60 Å². The van der Waals surface area contributed by atoms with E-state index in [-0.39, 0.29) is 22.6 Å². The van der Waals surface area contributed by atoms with Crippen LogP contribution in [0.25, 0.3) is 11.0 Å². The summed E-state index contributed by atoms with van der Waals surface area (Å²) in [6.07, 6.45) is 4.52. The molecule has 1 aromatic carbocycles. The molecule has 3 saturated carbocycles. The Morgan fingerprint density at radius 1 is 1.21 bits per heavy atom. The third-order valence-electron chi connectivity index (χ3n) is 6.71. The molecule has 2 bridgehead atoms. The number of nitrogens with one attached hydrogen (secondary N) is 1. The number of aromatic nitrogens is 2. The molecule has 3 fully saturated rings. The van der Waals surface area contributed by atoms with Crippen LogP contribution in [-0.4, -0.2) is 35.0 Å². The Morgan fingerprint density at radius 2 is 1.88 bits per heavy atom. The highest BCUT2D eigenvalue weighted by Gasteiger charge is 2.71. The number of rotatable bonds is 5. The standard InChI is InChI=1S/C24H28N4O4S/c1-14-5-7-16(8-6-14)33(30,31)28-10-9-17-19(18(25)13-26-21(17)28)27-20-15-11-24(20,12-15)22(29)32-23(2,3)4/h5-10,13,15,20H,11-12,25H2,1-4H3,(H,26,27). The first-order chi connectivity index (χ1) is 15.4. The van der Waals surface area contributed by atoms with Crippen molar-refractivity contribution in [3.8, 4) is 0 Å². The number of aryl methyl sites for hydroxylation is 1. The summed E-state index contributed by atoms with van der Waals surface area (Å²) in [7, 11) is -3.83. The van der Waals surface area contributed by atoms with E-state index in [9.17, 15) is 13.2 Å². The number of fused-ring (bicyclic) bond motifs is 1. The quantitative estimate of drug-likeness (QED) is 0.549. The Morgan fingerprint density at radius 3 is 2.45 bits per heavy atom. The molecule has 6 rings (SSSR count). The average Bonchev–Trinajstić information content (AvgIpc) is 3.09. The fraction of sp³-hybridized carbons (Fsp3) is 0.417. The van der Waals surface area contributed by atoms with Crippen LogP contribution in [0.2, 0.25) is 0 Å². The maximum Gasteiger partial charge on any atom is 0.314 e. The van der Waals surface area contributed by atoms with Gasteiger partial charge in [0.05, 0.1) is 27.9 Å². The lowest BCUT2D eigenvalue weighted by Crippen LogP contribution is -2.72. The van der Waals surface area contributed by atoms with Crippen LogP contribution in [-0.2, 0) is 19.6 Å². The highest BCUT2D eigenvalue weighted by Crippen LogP contribution is 2.66. The van der Waals surface area contributed by atoms with E-state index >= 15 is 0 Å². The number of benzene rings is 1. The zero-order chi connectivity index (χ0) is 23.8. The number of carbonyl (C=O) groups excluding carboxylic acids is 1. The highest BCUT2D eigenvalue weighted by molar-refractivity contribution is 7.90. The number of esters is 1. The van der Waals surface area contributed by atoms with Gasteiger partial charge in [0, 0.05) is 17.6 Å². The lowest BCUT2D eigenvalue weighted by Gasteiger charge is -2.66. The summed E-state index contributed by atoms with van der Waals surface area (Å²) in [5.74, 6) is 0.164. The van der Waals surface area contributed by atoms with Gasteiger partial charge in [-0.2, -0.15) is 0 Å². The zero-order valence-electron chi connectivity index (χ0n) is 19.1. The first-order valence-corrected chi connectivity index (χ1v) is 12.4. The van der Waals surface area contributed by atoms with Crippen molar-refractivity contribution in [3.63, 3.8) is 0 Å². The van der Waals surface area contributed by atoms with Gasteiger partial charge < -0.3 is 15.8 Å². The molecule has 9 heteroatoms. The highest BCUT2D eigenvalue weighted by atomic mass is 32.2. The minimum Gasteiger partial charge on any atom is -0.459 e. The Kier molecular flexibility index (Phi) is 4.59. The maximum absolute atomic E-state index is 13.2. The predicted octanol–water partition coefficient (Wildman–Crippen LogP) is 3.70. The first kappa shape index (κ1) is 21.8. The molecule has 0 radical (unpaired) electrons. The molecule has 0 spiro atoms. The smallest absolute Gasteiger partial charge is 0.314 e. The molecule has 3 N–H and O–H groups in total. The molecule has 1 atom stereocenters. The predicted molar refractivity (Wildman–Crippen MR) is 126 cm³/mol. The molecule has 3 aromatic rings. The monoisotopic (exact) mass is 468 g/mol. The fourth-order valence-electron chi connectivity index (χ4n) is 4.84. The third-order valence-corrected chi connectivity index (χ3v) is 8.39. The van der Waals surface area contributed by atoms with Gasteiger partial charge in [-0.15, -0.1) is 0 Å². The zero-order valence-corrected chi connectivity index (χ0v) is 19.9. The normalized spacial score (nSPS) is 24.1. The van der Waals surface area contributed by atoms with Gasteiger partial charge in [-0.3, -0.25) is 4.79 Å². The van der Waals surface area contributed by atoms with Crippen molar-refractivity contribution in [1.82, 2.24) is 8.96 Å². The number of nitrogens with zero attached hydrogens (tertiary/aromatic N) is 2. The van der Waals surface area contributed by atoms with Crippen molar-refractivity contribution in [2.24, 2.45) is 11.3 Å². The Labute approximate surface area is 193 Å². The summed E-state index contributed by atoms with van der Waals surface area (Å²) in [5, 5.41) is 4.03. The van der Waals surface area contributed by atoms with Crippen molar-refractivity contribution in [2.75, 3.05) is 11.1 Å². The number of carbonyl (C=O) groups is 1. The van der Waals surface area contributed by atoms with Gasteiger partial charge >= 0.3 is 5.97 Å². The van der Waals surface area contributed by atoms with E-state index in [4.69, 9.17) is 10.5 Å². The lowest BCUT2D eigenvalue weighted by molar-refractivity contribution is -0.206. The number of pyridine rings is 1. The maximum atomic E-state index is 13.2. The summed E-state index contributed by atoms with van der Waals surface area (Å²) in [6.45, 7) is 7.49. The molecular formula is C24H28N4O4S. The average molecular weight is 469 g/mol. The van der Waals surface area contributed by atoms with Crippen molar-refractivity contribution in [1.29, 1.82) is 0 Å². The van der Waals surface area contributed by atoms with E-state index in [2.05, 4.69) is 10.3 Å². The van der Waals surface area contributed by atoms with Crippen molar-refractivity contribution < 1.29 is 17.9 Å². The molecule has 0 aliphatic heterocycles. The van der Waals surface area contributed by atoms with Crippen LogP contribution in [0.1, 0.15) is 39.2 Å². The fourth-order valence-corrected chi connectivity index (χ4v) is 6.14. The third kappa shape index (κ3) is 3.28. The summed E-state index contributed by atoms with van der Waals surface area (Å²) >= 11 is 0. The van der Waals surface area contributed by atoms with Gasteiger partial charge in [-0.25, -0.2) is 17.4 Å². The van der Waals surface area contributed by atoms with E-state index in [0.29, 0.717) is 22.7 Å². The molecule has 3 aliphatic rings. The Bertz CT molecular complexity index is 1360. The molecule has 8 nitrogen and oxygen atoms in total. The number of hydrogen-bond donors (Lipinski definition) is 2. The van der Waals surface area contributed by atoms with Crippen LogP contribution in [0.3, 0.4) is 0 Å². The molecule has 2 aromatic heterocycles. The van der Waals surface area contributed by atoms with Gasteiger partial charge in [0.2, 0.25) is 0 Å². The number of ether oxygens (including phenoxy) is 1. The van der Waals surface area contributed by atoms with E-state index in [0.717, 1.165) is 18.4 Å². The second kappa shape index (κ2) is 6.96. The number of anilines is 2. The van der Waals surface area contributed by atoms with Gasteiger partial charge in [0.15, 0.2) is 5.65 Å². The van der Waals surface area contributed by atoms with Crippen LogP contribution < -0.4 is 11.1 Å². The summed E-state index contributed by atoms with van der Waals surface area (Å²) in [5.41, 5.74) is 7.38. The van der Waals surface area contributed by atoms with Crippen molar-refractivity contribution in [3.05, 3.63) is 48.3 Å². The van der Waals surface area contributed by atoms with E-state index in [1.807, 2.05) is 27.7 Å². The Hall–Kier alpha value is -3.07. The topological polar surface area (TPSA) is 116 Å². The molecule has 0 saturated heterocycles. The van der Waals surface area contributed by atoms with Crippen LogP contribution in [0.15, 0.2) is 47.6 Å². The van der Waals surface area contributed by atoms with Gasteiger partial charge in [0.25, 0.3) is 10.0 Å². The first-order valence-electron chi connectivity index (χ1n) is 11.0. The Balaban J connectivity index is 1.49. The summed E-state index contributed by atoms with van der Waals surface area (Å²) in [4.78, 5) is 17.4. The second-order valence-electron chi connectivity index (χ2n) is 10.2. The molecule has 2 heterocycles. The van der Waals surface area contributed by atoms with Crippen molar-refractivity contribution in [2.45, 2.75) is 57.1 Å². The lowest BCUT2D eigenvalue weighted by atomic mass is 9.40. The summed E-state index contributed by atoms with van der Waals surface area (Å²) in [6, 6.07) is 8.28. The molecule has 0 amide bonds. The van der Waals surface area contributed by atoms with Crippen molar-refractivity contribution >= 4 is 38.4 Å². The minimum atomic E-state index is -3.83. The minimum absolute atomic E-state index is 0.0997. The number of hydrogen-bond acceptors (Lipinski definition) is 7. The second-order valence-corrected chi connectivity index (χ2v) is 12.0. The molecule has 1 unspecified atom stereocenters. The molecule has 174 valence electrons.